The van der Waals surface area contributed by atoms with Gasteiger partial charge in [0.1, 0.15) is 17.5 Å². The minimum atomic E-state index is -0.708. The first-order valence-electron chi connectivity index (χ1n) is 9.01. The minimum Gasteiger partial charge on any atom is -0.412 e. The molecule has 4 unspecified atom stereocenters. The van der Waals surface area contributed by atoms with Crippen molar-refractivity contribution in [3.05, 3.63) is 42.5 Å². The quantitative estimate of drug-likeness (QED) is 0.604. The lowest BCUT2D eigenvalue weighted by molar-refractivity contribution is -0.128. The minimum absolute atomic E-state index is 0. The number of hydrogen-bond donors (Lipinski definition) is 0. The zero-order valence-electron chi connectivity index (χ0n) is 15.9. The van der Waals surface area contributed by atoms with Crippen LogP contribution in [0.15, 0.2) is 47.6 Å². The summed E-state index contributed by atoms with van der Waals surface area (Å²) in [5.41, 5.74) is 1.25. The molecule has 0 aromatic heterocycles. The second-order valence-electron chi connectivity index (χ2n) is 7.27. The number of carbonyl (C=O) groups excluding carboxylic acids is 3. The van der Waals surface area contributed by atoms with E-state index in [9.17, 15) is 14.4 Å². The first kappa shape index (κ1) is 20.7. The number of carbonyl (C=O) groups is 3. The van der Waals surface area contributed by atoms with E-state index in [1.807, 2.05) is 18.2 Å². The molecular formula is C21H26N2O4. The van der Waals surface area contributed by atoms with Crippen molar-refractivity contribution in [2.45, 2.75) is 33.6 Å². The highest BCUT2D eigenvalue weighted by Crippen LogP contribution is 2.43. The summed E-state index contributed by atoms with van der Waals surface area (Å²) in [5, 5.41) is 5.42. The number of ketones is 2. The van der Waals surface area contributed by atoms with Gasteiger partial charge >= 0.3 is 0 Å². The van der Waals surface area contributed by atoms with Crippen molar-refractivity contribution >= 4 is 28.9 Å². The average Bonchev–Trinajstić information content (AvgIpc) is 3.30. The fourth-order valence-corrected chi connectivity index (χ4v) is 4.04. The fraction of sp³-hybridized carbons (Fsp3) is 0.429. The highest BCUT2D eigenvalue weighted by atomic mass is 16.2. The Hall–Kier alpha value is -2.60. The number of hydrogen-bond acceptors (Lipinski definition) is 4. The molecule has 6 nitrogen and oxygen atoms in total. The number of para-hydroxylation sites is 1. The van der Waals surface area contributed by atoms with E-state index in [0.29, 0.717) is 29.0 Å². The van der Waals surface area contributed by atoms with E-state index in [2.05, 4.69) is 17.3 Å². The number of fused-ring (bicyclic) bond motifs is 2. The van der Waals surface area contributed by atoms with E-state index < -0.39 is 5.92 Å². The standard InChI is InChI=1S/C12H12N2O2.C9H12O.H2O/c1-8-11(9(2)15)12(16)14(13-8)10-6-4-3-5-7-10;1-6(10)9-5-7-2-3-8(9)4-7;/h3-7,11H,1-2H3;2-3,7-9H,4-5H2,1H3;1H2. The summed E-state index contributed by atoms with van der Waals surface area (Å²) in [7, 11) is 0. The summed E-state index contributed by atoms with van der Waals surface area (Å²) in [6.45, 7) is 4.84. The molecule has 6 heteroatoms. The number of anilines is 1. The molecular weight excluding hydrogens is 344 g/mol. The Labute approximate surface area is 159 Å². The van der Waals surface area contributed by atoms with Gasteiger partial charge in [-0.1, -0.05) is 30.4 Å². The van der Waals surface area contributed by atoms with Gasteiger partial charge in [0, 0.05) is 5.92 Å². The van der Waals surface area contributed by atoms with Gasteiger partial charge in [-0.15, -0.1) is 0 Å². The Bertz CT molecular complexity index is 785. The van der Waals surface area contributed by atoms with Gasteiger partial charge < -0.3 is 5.48 Å². The molecule has 3 aliphatic rings. The van der Waals surface area contributed by atoms with Gasteiger partial charge in [0.2, 0.25) is 0 Å². The van der Waals surface area contributed by atoms with Crippen molar-refractivity contribution < 1.29 is 19.9 Å². The molecule has 0 radical (unpaired) electrons. The lowest BCUT2D eigenvalue weighted by atomic mass is 9.90. The zero-order chi connectivity index (χ0) is 18.8. The Balaban J connectivity index is 0.000000205. The fourth-order valence-electron chi connectivity index (χ4n) is 4.04. The Morgan fingerprint density at radius 2 is 1.70 bits per heavy atom. The summed E-state index contributed by atoms with van der Waals surface area (Å²) in [6.07, 6.45) is 6.85. The van der Waals surface area contributed by atoms with Gasteiger partial charge in [-0.3, -0.25) is 14.4 Å². The molecule has 1 aromatic rings. The van der Waals surface area contributed by atoms with Crippen LogP contribution in [-0.4, -0.2) is 28.7 Å². The Morgan fingerprint density at radius 3 is 2.11 bits per heavy atom. The molecule has 1 aliphatic heterocycles. The average molecular weight is 370 g/mol. The van der Waals surface area contributed by atoms with Crippen LogP contribution < -0.4 is 5.01 Å². The van der Waals surface area contributed by atoms with E-state index in [0.717, 1.165) is 12.3 Å². The van der Waals surface area contributed by atoms with Crippen LogP contribution in [0.3, 0.4) is 0 Å². The molecule has 2 bridgehead atoms. The highest BCUT2D eigenvalue weighted by Gasteiger charge is 2.38. The SMILES string of the molecule is CC(=O)C1C(=O)N(c2ccccc2)N=C1C.CC(=O)C1CC2C=CC1C2.O. The smallest absolute Gasteiger partial charge is 0.263 e. The number of Topliss-reactive ketones (excluding diaryl/α,β-unsaturated/α-hetero) is 2. The van der Waals surface area contributed by atoms with Gasteiger partial charge in [-0.2, -0.15) is 10.1 Å². The zero-order valence-corrected chi connectivity index (χ0v) is 15.9. The molecule has 1 aromatic carbocycles. The number of allylic oxidation sites excluding steroid dienone is 2. The molecule has 0 saturated heterocycles. The summed E-state index contributed by atoms with van der Waals surface area (Å²) in [4.78, 5) is 34.3. The van der Waals surface area contributed by atoms with Gasteiger partial charge in [-0.05, 0) is 57.6 Å². The van der Waals surface area contributed by atoms with Crippen molar-refractivity contribution in [1.82, 2.24) is 0 Å². The van der Waals surface area contributed by atoms with Gasteiger partial charge in [0.25, 0.3) is 5.91 Å². The first-order valence-corrected chi connectivity index (χ1v) is 9.01. The number of amides is 1. The Kier molecular flexibility index (Phi) is 6.44. The van der Waals surface area contributed by atoms with Crippen molar-refractivity contribution in [2.24, 2.45) is 28.8 Å². The van der Waals surface area contributed by atoms with E-state index in [4.69, 9.17) is 0 Å². The lowest BCUT2D eigenvalue weighted by Crippen LogP contribution is -2.31. The van der Waals surface area contributed by atoms with Crippen LogP contribution in [0.2, 0.25) is 0 Å². The third-order valence-corrected chi connectivity index (χ3v) is 5.34. The second kappa shape index (κ2) is 8.39. The van der Waals surface area contributed by atoms with E-state index in [-0.39, 0.29) is 17.2 Å². The van der Waals surface area contributed by atoms with Crippen molar-refractivity contribution in [3.63, 3.8) is 0 Å². The number of nitrogens with zero attached hydrogens (tertiary/aromatic N) is 2. The molecule has 27 heavy (non-hydrogen) atoms. The lowest BCUT2D eigenvalue weighted by Gasteiger charge is -2.13. The molecule has 2 N–H and O–H groups in total. The molecule has 1 fully saturated rings. The van der Waals surface area contributed by atoms with Crippen LogP contribution in [-0.2, 0) is 14.4 Å². The van der Waals surface area contributed by atoms with E-state index in [1.165, 1.54) is 18.4 Å². The van der Waals surface area contributed by atoms with Crippen LogP contribution in [0.4, 0.5) is 5.69 Å². The Morgan fingerprint density at radius 1 is 1.04 bits per heavy atom. The number of benzene rings is 1. The maximum absolute atomic E-state index is 11.9. The predicted molar refractivity (Wildman–Crippen MR) is 104 cm³/mol. The first-order chi connectivity index (χ1) is 12.4. The van der Waals surface area contributed by atoms with Gasteiger partial charge in [0.15, 0.2) is 0 Å². The topological polar surface area (TPSA) is 98.3 Å². The van der Waals surface area contributed by atoms with E-state index >= 15 is 0 Å². The molecule has 1 saturated carbocycles. The van der Waals surface area contributed by atoms with Crippen LogP contribution in [0, 0.1) is 23.7 Å². The van der Waals surface area contributed by atoms with Crippen LogP contribution >= 0.6 is 0 Å². The summed E-state index contributed by atoms with van der Waals surface area (Å²) >= 11 is 0. The third kappa shape index (κ3) is 4.22. The monoisotopic (exact) mass is 370 g/mol. The second-order valence-corrected chi connectivity index (χ2v) is 7.27. The molecule has 0 spiro atoms. The third-order valence-electron chi connectivity index (χ3n) is 5.34. The molecule has 4 rings (SSSR count). The molecule has 1 amide bonds. The van der Waals surface area contributed by atoms with Crippen LogP contribution in [0.5, 0.6) is 0 Å². The summed E-state index contributed by atoms with van der Waals surface area (Å²) in [6, 6.07) is 9.10. The summed E-state index contributed by atoms with van der Waals surface area (Å²) in [5.74, 6) is 0.953. The van der Waals surface area contributed by atoms with Crippen molar-refractivity contribution in [3.8, 4) is 0 Å². The van der Waals surface area contributed by atoms with Gasteiger partial charge in [-0.25, -0.2) is 0 Å². The molecule has 144 valence electrons. The largest absolute Gasteiger partial charge is 0.412 e. The normalized spacial score (nSPS) is 27.6. The van der Waals surface area contributed by atoms with Crippen LogP contribution in [0.25, 0.3) is 0 Å². The van der Waals surface area contributed by atoms with Crippen molar-refractivity contribution in [2.75, 3.05) is 5.01 Å². The predicted octanol–water partition coefficient (Wildman–Crippen LogP) is 2.58. The number of rotatable bonds is 3. The summed E-state index contributed by atoms with van der Waals surface area (Å²) < 4.78 is 0. The highest BCUT2D eigenvalue weighted by molar-refractivity contribution is 6.26. The molecule has 4 atom stereocenters. The van der Waals surface area contributed by atoms with Gasteiger partial charge in [0.05, 0.1) is 11.4 Å². The number of hydrazone groups is 1. The van der Waals surface area contributed by atoms with E-state index in [1.54, 1.807) is 26.0 Å². The molecule has 1 heterocycles. The molecule has 2 aliphatic carbocycles. The van der Waals surface area contributed by atoms with Crippen molar-refractivity contribution in [1.29, 1.82) is 0 Å². The maximum Gasteiger partial charge on any atom is 0.263 e. The maximum atomic E-state index is 11.9. The van der Waals surface area contributed by atoms with Crippen LogP contribution in [0.1, 0.15) is 33.6 Å².